The summed E-state index contributed by atoms with van der Waals surface area (Å²) in [6, 6.07) is 6.37. The van der Waals surface area contributed by atoms with E-state index in [1.807, 2.05) is 25.1 Å². The van der Waals surface area contributed by atoms with Gasteiger partial charge in [-0.3, -0.25) is 4.90 Å². The van der Waals surface area contributed by atoms with Crippen LogP contribution in [-0.4, -0.2) is 48.9 Å². The van der Waals surface area contributed by atoms with Gasteiger partial charge in [-0.15, -0.1) is 0 Å². The Balaban J connectivity index is 1.51. The Bertz CT molecular complexity index is 591. The smallest absolute Gasteiger partial charge is 0.121 e. The first-order chi connectivity index (χ1) is 13.0. The Morgan fingerprint density at radius 1 is 1.11 bits per heavy atom. The molecule has 1 aromatic rings. The lowest BCUT2D eigenvalue weighted by Crippen LogP contribution is -2.53. The fourth-order valence-electron chi connectivity index (χ4n) is 4.63. The highest BCUT2D eigenvalue weighted by Gasteiger charge is 2.38. The number of ether oxygens (including phenoxy) is 2. The number of nitrogens with zero attached hydrogens (tertiary/aromatic N) is 1. The van der Waals surface area contributed by atoms with Gasteiger partial charge in [0.25, 0.3) is 0 Å². The summed E-state index contributed by atoms with van der Waals surface area (Å²) in [7, 11) is 0. The van der Waals surface area contributed by atoms with E-state index in [1.165, 1.54) is 25.7 Å². The van der Waals surface area contributed by atoms with Crippen LogP contribution in [0.5, 0.6) is 5.75 Å². The Labute approximate surface area is 164 Å². The van der Waals surface area contributed by atoms with E-state index in [9.17, 15) is 0 Å². The van der Waals surface area contributed by atoms with Crippen molar-refractivity contribution in [2.45, 2.75) is 77.0 Å². The zero-order valence-corrected chi connectivity index (χ0v) is 17.3. The highest BCUT2D eigenvalue weighted by Crippen LogP contribution is 2.37. The quantitative estimate of drug-likeness (QED) is 0.697. The summed E-state index contributed by atoms with van der Waals surface area (Å²) in [6.07, 6.45) is 7.68. The molecule has 27 heavy (non-hydrogen) atoms. The van der Waals surface area contributed by atoms with Crippen LogP contribution < -0.4 is 15.8 Å². The molecule has 0 unspecified atom stereocenters. The molecule has 3 N–H and O–H groups in total. The van der Waals surface area contributed by atoms with Gasteiger partial charge in [-0.05, 0) is 71.4 Å². The number of rotatable bonds is 7. The second kappa shape index (κ2) is 9.16. The van der Waals surface area contributed by atoms with Crippen LogP contribution in [0.25, 0.3) is 0 Å². The third kappa shape index (κ3) is 5.08. The molecule has 1 saturated carbocycles. The second-order valence-electron chi connectivity index (χ2n) is 8.24. The van der Waals surface area contributed by atoms with Gasteiger partial charge in [0.15, 0.2) is 0 Å². The van der Waals surface area contributed by atoms with Crippen LogP contribution in [0.4, 0.5) is 11.4 Å². The molecule has 0 radical (unpaired) electrons. The van der Waals surface area contributed by atoms with Gasteiger partial charge in [-0.2, -0.15) is 0 Å². The van der Waals surface area contributed by atoms with Crippen molar-refractivity contribution in [1.29, 1.82) is 0 Å². The molecule has 5 nitrogen and oxygen atoms in total. The Morgan fingerprint density at radius 2 is 1.81 bits per heavy atom. The maximum absolute atomic E-state index is 6.17. The maximum atomic E-state index is 6.17. The largest absolute Gasteiger partial charge is 0.494 e. The molecular weight excluding hydrogens is 338 g/mol. The van der Waals surface area contributed by atoms with Crippen molar-refractivity contribution < 1.29 is 9.47 Å². The monoisotopic (exact) mass is 375 g/mol. The molecule has 1 aliphatic heterocycles. The van der Waals surface area contributed by atoms with E-state index in [0.717, 1.165) is 49.7 Å². The molecule has 0 spiro atoms. The van der Waals surface area contributed by atoms with Crippen LogP contribution >= 0.6 is 0 Å². The fourth-order valence-corrected chi connectivity index (χ4v) is 4.63. The average molecular weight is 376 g/mol. The van der Waals surface area contributed by atoms with E-state index in [1.54, 1.807) is 0 Å². The zero-order chi connectivity index (χ0) is 19.3. The molecule has 0 amide bonds. The highest BCUT2D eigenvalue weighted by atomic mass is 16.5. The minimum absolute atomic E-state index is 0.340. The van der Waals surface area contributed by atoms with Gasteiger partial charge in [0.2, 0.25) is 0 Å². The summed E-state index contributed by atoms with van der Waals surface area (Å²) < 4.78 is 11.4. The predicted octanol–water partition coefficient (Wildman–Crippen LogP) is 4.28. The number of anilines is 2. The second-order valence-corrected chi connectivity index (χ2v) is 8.24. The molecule has 5 heteroatoms. The van der Waals surface area contributed by atoms with Crippen molar-refractivity contribution in [3.05, 3.63) is 18.2 Å². The fraction of sp³-hybridized carbons (Fsp3) is 0.727. The van der Waals surface area contributed by atoms with Gasteiger partial charge >= 0.3 is 0 Å². The summed E-state index contributed by atoms with van der Waals surface area (Å²) in [5.41, 5.74) is 8.30. The van der Waals surface area contributed by atoms with E-state index in [4.69, 9.17) is 15.2 Å². The van der Waals surface area contributed by atoms with Crippen LogP contribution in [0.15, 0.2) is 18.2 Å². The molecule has 1 aromatic carbocycles. The average Bonchev–Trinajstić information content (AvgIpc) is 2.67. The van der Waals surface area contributed by atoms with Gasteiger partial charge < -0.3 is 20.5 Å². The van der Waals surface area contributed by atoms with Crippen molar-refractivity contribution >= 4 is 11.4 Å². The Morgan fingerprint density at radius 3 is 2.44 bits per heavy atom. The number of hydrogen-bond acceptors (Lipinski definition) is 5. The molecule has 0 bridgehead atoms. The first-order valence-electron chi connectivity index (χ1n) is 10.7. The van der Waals surface area contributed by atoms with Crippen LogP contribution in [0, 0.1) is 0 Å². The van der Waals surface area contributed by atoms with E-state index >= 15 is 0 Å². The molecule has 152 valence electrons. The van der Waals surface area contributed by atoms with Crippen LogP contribution in [-0.2, 0) is 4.74 Å². The summed E-state index contributed by atoms with van der Waals surface area (Å²) in [6.45, 7) is 10.4. The van der Waals surface area contributed by atoms with E-state index in [0.29, 0.717) is 24.3 Å². The zero-order valence-electron chi connectivity index (χ0n) is 17.3. The third-order valence-corrected chi connectivity index (χ3v) is 6.37. The summed E-state index contributed by atoms with van der Waals surface area (Å²) in [5, 5.41) is 3.66. The van der Waals surface area contributed by atoms with Gasteiger partial charge in [-0.25, -0.2) is 0 Å². The number of nitrogens with one attached hydrogen (secondary N) is 1. The number of piperidine rings is 1. The van der Waals surface area contributed by atoms with E-state index in [-0.39, 0.29) is 0 Å². The topological polar surface area (TPSA) is 59.8 Å². The molecular formula is C22H37N3O2. The molecule has 2 aliphatic rings. The maximum Gasteiger partial charge on any atom is 0.121 e. The van der Waals surface area contributed by atoms with Crippen molar-refractivity contribution in [2.75, 3.05) is 37.4 Å². The summed E-state index contributed by atoms with van der Waals surface area (Å²) >= 11 is 0. The van der Waals surface area contributed by atoms with Crippen molar-refractivity contribution in [3.8, 4) is 5.75 Å². The van der Waals surface area contributed by atoms with Gasteiger partial charge in [0.05, 0.1) is 24.1 Å². The lowest BCUT2D eigenvalue weighted by Gasteiger charge is -2.48. The van der Waals surface area contributed by atoms with Gasteiger partial charge in [-0.1, -0.05) is 0 Å². The molecule has 1 heterocycles. The SMILES string of the molecule is CCOc1ccc(N)c(NC2CCN(C3(C)CCC(OCC)CC3)CC2)c1. The Hall–Kier alpha value is -1.46. The molecule has 3 rings (SSSR count). The molecule has 0 aromatic heterocycles. The number of likely N-dealkylation sites (tertiary alicyclic amines) is 1. The number of nitrogen functional groups attached to an aromatic ring is 1. The summed E-state index contributed by atoms with van der Waals surface area (Å²) in [5.74, 6) is 0.880. The van der Waals surface area contributed by atoms with Gasteiger partial charge in [0.1, 0.15) is 5.75 Å². The third-order valence-electron chi connectivity index (χ3n) is 6.37. The highest BCUT2D eigenvalue weighted by molar-refractivity contribution is 5.68. The molecule has 1 aliphatic carbocycles. The Kier molecular flexibility index (Phi) is 6.88. The molecule has 1 saturated heterocycles. The number of nitrogens with two attached hydrogens (primary N) is 1. The number of benzene rings is 1. The lowest BCUT2D eigenvalue weighted by molar-refractivity contribution is -0.0242. The normalized spacial score (nSPS) is 27.4. The standard InChI is InChI=1S/C22H37N3O2/c1-4-26-18-8-12-22(3,13-9-18)25-14-10-17(11-15-25)24-21-16-19(27-5-2)6-7-20(21)23/h6-7,16-18,24H,4-5,8-15,23H2,1-3H3. The molecule has 2 fully saturated rings. The van der Waals surface area contributed by atoms with Gasteiger partial charge in [0, 0.05) is 37.3 Å². The first kappa shape index (κ1) is 20.3. The van der Waals surface area contributed by atoms with Crippen LogP contribution in [0.3, 0.4) is 0 Å². The minimum atomic E-state index is 0.340. The van der Waals surface area contributed by atoms with Crippen molar-refractivity contribution in [1.82, 2.24) is 4.90 Å². The van der Waals surface area contributed by atoms with E-state index < -0.39 is 0 Å². The lowest BCUT2D eigenvalue weighted by atomic mass is 9.79. The van der Waals surface area contributed by atoms with Crippen molar-refractivity contribution in [2.24, 2.45) is 0 Å². The van der Waals surface area contributed by atoms with Crippen LogP contribution in [0.1, 0.15) is 59.3 Å². The van der Waals surface area contributed by atoms with Crippen LogP contribution in [0.2, 0.25) is 0 Å². The number of hydrogen-bond donors (Lipinski definition) is 2. The van der Waals surface area contributed by atoms with Crippen molar-refractivity contribution in [3.63, 3.8) is 0 Å². The predicted molar refractivity (Wildman–Crippen MR) is 113 cm³/mol. The minimum Gasteiger partial charge on any atom is -0.494 e. The molecule has 0 atom stereocenters. The summed E-state index contributed by atoms with van der Waals surface area (Å²) in [4.78, 5) is 2.72. The first-order valence-corrected chi connectivity index (χ1v) is 10.7. The van der Waals surface area contributed by atoms with E-state index in [2.05, 4.69) is 24.1 Å².